The Labute approximate surface area is 193 Å². The van der Waals surface area contributed by atoms with Gasteiger partial charge in [0.05, 0.1) is 16.3 Å². The molecule has 0 atom stereocenters. The molecule has 1 radical (unpaired) electrons. The fourth-order valence-corrected chi connectivity index (χ4v) is 4.49. The molecule has 163 valence electrons. The van der Waals surface area contributed by atoms with Gasteiger partial charge in [-0.05, 0) is 35.0 Å². The molecule has 32 heavy (non-hydrogen) atoms. The smallest absolute Gasteiger partial charge is 0.871 e. The van der Waals surface area contributed by atoms with Crippen LogP contribution in [-0.2, 0) is 37.3 Å². The standard InChI is InChI=1S/C20H14N2O7S2.Mn/c23-18-8-6-12-3-1-2-4-16(12)20(18)22-21-14-7-5-13-9-15(30(24,25)26)11-19(17(13)10-14)31(27,28)29;/h1-11,23H,(H,24,25,26)(H,27,28,29);/q;+2/p-2. The van der Waals surface area contributed by atoms with E-state index in [9.17, 15) is 31.0 Å². The van der Waals surface area contributed by atoms with E-state index in [1.54, 1.807) is 18.2 Å². The zero-order valence-electron chi connectivity index (χ0n) is 15.8. The van der Waals surface area contributed by atoms with Gasteiger partial charge in [0.25, 0.3) is 10.1 Å². The van der Waals surface area contributed by atoms with Crippen LogP contribution in [0.2, 0.25) is 0 Å². The predicted octanol–water partition coefficient (Wildman–Crippen LogP) is 3.63. The van der Waals surface area contributed by atoms with Crippen molar-refractivity contribution < 1.29 is 48.1 Å². The van der Waals surface area contributed by atoms with Gasteiger partial charge in [0.15, 0.2) is 0 Å². The number of fused-ring (bicyclic) bond motifs is 2. The molecular formula is C20H12MnN2O7S2. The van der Waals surface area contributed by atoms with E-state index in [-0.39, 0.29) is 45.0 Å². The maximum absolute atomic E-state index is 12.2. The minimum atomic E-state index is -4.96. The molecule has 1 N–H and O–H groups in total. The van der Waals surface area contributed by atoms with E-state index in [1.165, 1.54) is 24.3 Å². The SMILES string of the molecule is O=S(=O)([O-])c1cc(S(=O)(=O)O)c2cc(N=Nc3c([O-])ccc4ccccc34)ccc2c1.[Mn+2]. The number of hydrogen-bond acceptors (Lipinski definition) is 8. The van der Waals surface area contributed by atoms with Crippen molar-refractivity contribution in [3.05, 3.63) is 66.7 Å². The van der Waals surface area contributed by atoms with Crippen LogP contribution in [-0.4, -0.2) is 25.9 Å². The van der Waals surface area contributed by atoms with E-state index in [2.05, 4.69) is 10.2 Å². The minimum Gasteiger partial charge on any atom is -0.871 e. The van der Waals surface area contributed by atoms with Crippen molar-refractivity contribution in [2.75, 3.05) is 0 Å². The van der Waals surface area contributed by atoms with Crippen molar-refractivity contribution in [3.8, 4) is 5.75 Å². The van der Waals surface area contributed by atoms with Gasteiger partial charge >= 0.3 is 17.1 Å². The Morgan fingerprint density at radius 3 is 2.16 bits per heavy atom. The van der Waals surface area contributed by atoms with Gasteiger partial charge in [0.1, 0.15) is 15.0 Å². The van der Waals surface area contributed by atoms with Gasteiger partial charge in [-0.25, -0.2) is 8.42 Å². The summed E-state index contributed by atoms with van der Waals surface area (Å²) < 4.78 is 67.0. The molecule has 4 rings (SSSR count). The number of benzene rings is 4. The molecule has 0 saturated carbocycles. The molecule has 0 unspecified atom stereocenters. The van der Waals surface area contributed by atoms with E-state index in [0.29, 0.717) is 11.5 Å². The van der Waals surface area contributed by atoms with Crippen LogP contribution in [0.1, 0.15) is 0 Å². The second-order valence-electron chi connectivity index (χ2n) is 6.59. The van der Waals surface area contributed by atoms with Crippen LogP contribution in [0.25, 0.3) is 21.5 Å². The first-order valence-electron chi connectivity index (χ1n) is 8.66. The molecule has 9 nitrogen and oxygen atoms in total. The molecule has 0 aromatic heterocycles. The molecule has 0 aliphatic heterocycles. The summed E-state index contributed by atoms with van der Waals surface area (Å²) in [5.41, 5.74) is 0.239. The van der Waals surface area contributed by atoms with Crippen LogP contribution < -0.4 is 5.11 Å². The molecule has 12 heteroatoms. The van der Waals surface area contributed by atoms with Crippen molar-refractivity contribution in [2.24, 2.45) is 10.2 Å². The van der Waals surface area contributed by atoms with Crippen LogP contribution in [0.5, 0.6) is 5.75 Å². The monoisotopic (exact) mass is 511 g/mol. The number of azo groups is 1. The van der Waals surface area contributed by atoms with Gasteiger partial charge in [0, 0.05) is 10.8 Å². The molecule has 0 spiro atoms. The predicted molar refractivity (Wildman–Crippen MR) is 109 cm³/mol. The van der Waals surface area contributed by atoms with Gasteiger partial charge in [-0.1, -0.05) is 48.2 Å². The van der Waals surface area contributed by atoms with Crippen molar-refractivity contribution in [3.63, 3.8) is 0 Å². The van der Waals surface area contributed by atoms with Gasteiger partial charge in [-0.2, -0.15) is 18.6 Å². The van der Waals surface area contributed by atoms with Crippen molar-refractivity contribution in [1.29, 1.82) is 0 Å². The van der Waals surface area contributed by atoms with E-state index in [1.807, 2.05) is 12.1 Å². The molecule has 0 aliphatic rings. The first-order valence-corrected chi connectivity index (χ1v) is 11.5. The Kier molecular flexibility index (Phi) is 6.38. The van der Waals surface area contributed by atoms with Gasteiger partial charge in [-0.3, -0.25) is 4.55 Å². The first kappa shape index (κ1) is 23.8. The third kappa shape index (κ3) is 4.65. The maximum Gasteiger partial charge on any atom is 2.00 e. The summed E-state index contributed by atoms with van der Waals surface area (Å²) in [7, 11) is -9.82. The summed E-state index contributed by atoms with van der Waals surface area (Å²) in [5, 5.41) is 21.6. The number of hydrogen-bond donors (Lipinski definition) is 1. The molecule has 0 aliphatic carbocycles. The van der Waals surface area contributed by atoms with Crippen molar-refractivity contribution in [1.82, 2.24) is 0 Å². The summed E-state index contributed by atoms with van der Waals surface area (Å²) in [4.78, 5) is -1.56. The number of rotatable bonds is 4. The maximum atomic E-state index is 12.2. The van der Waals surface area contributed by atoms with Gasteiger partial charge < -0.3 is 9.66 Å². The van der Waals surface area contributed by atoms with Crippen LogP contribution >= 0.6 is 0 Å². The van der Waals surface area contributed by atoms with Crippen LogP contribution in [0.3, 0.4) is 0 Å². The zero-order chi connectivity index (χ0) is 22.4. The first-order chi connectivity index (χ1) is 14.5. The molecule has 0 fully saturated rings. The van der Waals surface area contributed by atoms with E-state index in [0.717, 1.165) is 11.5 Å². The Balaban J connectivity index is 0.00000289. The average molecular weight is 511 g/mol. The summed E-state index contributed by atoms with van der Waals surface area (Å²) in [5.74, 6) is -0.354. The largest absolute Gasteiger partial charge is 2.00 e. The molecule has 0 amide bonds. The average Bonchev–Trinajstić information content (AvgIpc) is 2.70. The third-order valence-corrected chi connectivity index (χ3v) is 6.28. The zero-order valence-corrected chi connectivity index (χ0v) is 18.6. The minimum absolute atomic E-state index is 0. The van der Waals surface area contributed by atoms with E-state index >= 15 is 0 Å². The molecule has 0 bridgehead atoms. The second-order valence-corrected chi connectivity index (χ2v) is 9.36. The van der Waals surface area contributed by atoms with Gasteiger partial charge in [0.2, 0.25) is 0 Å². The molecule has 4 aromatic carbocycles. The fourth-order valence-electron chi connectivity index (χ4n) is 3.15. The Morgan fingerprint density at radius 2 is 1.47 bits per heavy atom. The summed E-state index contributed by atoms with van der Waals surface area (Å²) in [6.07, 6.45) is 0. The van der Waals surface area contributed by atoms with E-state index in [4.69, 9.17) is 0 Å². The van der Waals surface area contributed by atoms with Crippen LogP contribution in [0.4, 0.5) is 11.4 Å². The van der Waals surface area contributed by atoms with Crippen LogP contribution in [0, 0.1) is 0 Å². The summed E-state index contributed by atoms with van der Waals surface area (Å²) in [6.45, 7) is 0. The van der Waals surface area contributed by atoms with Gasteiger partial charge in [-0.15, -0.1) is 0 Å². The third-order valence-electron chi connectivity index (χ3n) is 4.57. The topological polar surface area (TPSA) is 159 Å². The Hall–Kier alpha value is -2.86. The Morgan fingerprint density at radius 1 is 0.781 bits per heavy atom. The molecule has 0 heterocycles. The van der Waals surface area contributed by atoms with Crippen molar-refractivity contribution >= 4 is 53.2 Å². The summed E-state index contributed by atoms with van der Waals surface area (Å²) in [6, 6.07) is 15.7. The van der Waals surface area contributed by atoms with Crippen molar-refractivity contribution in [2.45, 2.75) is 9.79 Å². The Bertz CT molecular complexity index is 1600. The van der Waals surface area contributed by atoms with E-state index < -0.39 is 30.0 Å². The fraction of sp³-hybridized carbons (Fsp3) is 0. The number of nitrogens with zero attached hydrogens (tertiary/aromatic N) is 2. The normalized spacial score (nSPS) is 12.3. The quantitative estimate of drug-likeness (QED) is 0.249. The molecule has 4 aromatic rings. The van der Waals surface area contributed by atoms with Crippen LogP contribution in [0.15, 0.2) is 86.7 Å². The second kappa shape index (κ2) is 8.58. The molecular weight excluding hydrogens is 499 g/mol. The molecule has 0 saturated heterocycles. The summed E-state index contributed by atoms with van der Waals surface area (Å²) >= 11 is 0.